The SMILES string of the molecule is C[C@H]1C=NCC2(C)CN=C[C@H](C)CNCC(C)(CNC1)CNC[C@@H](C)C=NC2. The summed E-state index contributed by atoms with van der Waals surface area (Å²) >= 11 is 0. The van der Waals surface area contributed by atoms with Gasteiger partial charge in [0.1, 0.15) is 0 Å². The normalized spacial score (nSPS) is 39.5. The number of hydrogen-bond acceptors (Lipinski definition) is 6. The standard InChI is InChI=1S/C22H42N6/c1-18-6-23-12-21(4)14-25-8-19(2)9-26-15-22(5,13-24-7-18)17-28-11-20(3)10-27-16-21/h6,8,10,18-20,24,26,28H,7,9,11-17H2,1-5H3/t18-,19-,20-,21?,22?/m0/s1. The molecule has 6 heteroatoms. The van der Waals surface area contributed by atoms with Crippen molar-refractivity contribution >= 4 is 18.6 Å². The Morgan fingerprint density at radius 2 is 0.929 bits per heavy atom. The predicted molar refractivity (Wildman–Crippen MR) is 122 cm³/mol. The van der Waals surface area contributed by atoms with E-state index in [-0.39, 0.29) is 10.8 Å². The molecule has 0 aromatic carbocycles. The van der Waals surface area contributed by atoms with Crippen molar-refractivity contribution in [1.29, 1.82) is 0 Å². The molecule has 0 radical (unpaired) electrons. The van der Waals surface area contributed by atoms with Crippen LogP contribution in [-0.2, 0) is 0 Å². The summed E-state index contributed by atoms with van der Waals surface area (Å²) in [5.74, 6) is 1.26. The van der Waals surface area contributed by atoms with E-state index in [0.29, 0.717) is 17.8 Å². The summed E-state index contributed by atoms with van der Waals surface area (Å²) in [5.41, 5.74) is 0.112. The minimum atomic E-state index is -0.0380. The fourth-order valence-corrected chi connectivity index (χ4v) is 3.66. The third-order valence-corrected chi connectivity index (χ3v) is 5.55. The van der Waals surface area contributed by atoms with Crippen molar-refractivity contribution in [3.8, 4) is 0 Å². The Labute approximate surface area is 172 Å². The first kappa shape index (κ1) is 23.2. The molecule has 0 saturated carbocycles. The Hall–Kier alpha value is -1.11. The highest BCUT2D eigenvalue weighted by atomic mass is 15.0. The summed E-state index contributed by atoms with van der Waals surface area (Å²) < 4.78 is 0. The Bertz CT molecular complexity index is 469. The molecule has 3 rings (SSSR count). The number of nitrogens with zero attached hydrogens (tertiary/aromatic N) is 3. The molecule has 3 heterocycles. The molecule has 0 amide bonds. The lowest BCUT2D eigenvalue weighted by atomic mass is 9.89. The Balaban J connectivity index is 2.28. The van der Waals surface area contributed by atoms with Gasteiger partial charge in [-0.25, -0.2) is 0 Å². The van der Waals surface area contributed by atoms with Crippen LogP contribution in [0.25, 0.3) is 0 Å². The first-order valence-electron chi connectivity index (χ1n) is 10.9. The molecule has 6 nitrogen and oxygen atoms in total. The van der Waals surface area contributed by atoms with Gasteiger partial charge in [-0.3, -0.25) is 15.0 Å². The van der Waals surface area contributed by atoms with Gasteiger partial charge in [0.05, 0.1) is 0 Å². The Kier molecular flexibility index (Phi) is 9.25. The second-order valence-electron chi connectivity index (χ2n) is 9.92. The van der Waals surface area contributed by atoms with Gasteiger partial charge in [0.25, 0.3) is 0 Å². The van der Waals surface area contributed by atoms with Crippen molar-refractivity contribution in [2.75, 3.05) is 58.9 Å². The van der Waals surface area contributed by atoms with Gasteiger partial charge < -0.3 is 16.0 Å². The summed E-state index contributed by atoms with van der Waals surface area (Å²) in [5, 5.41) is 11.0. The van der Waals surface area contributed by atoms with E-state index in [0.717, 1.165) is 58.9 Å². The van der Waals surface area contributed by atoms with Crippen molar-refractivity contribution in [3.63, 3.8) is 0 Å². The minimum absolute atomic E-state index is 0.0380. The summed E-state index contributed by atoms with van der Waals surface area (Å²) in [6.45, 7) is 19.4. The zero-order chi connectivity index (χ0) is 20.5. The molecule has 3 aliphatic rings. The number of rotatable bonds is 0. The quantitative estimate of drug-likeness (QED) is 0.592. The van der Waals surface area contributed by atoms with E-state index >= 15 is 0 Å². The first-order chi connectivity index (χ1) is 13.3. The molecular formula is C22H42N6. The van der Waals surface area contributed by atoms with Crippen LogP contribution in [0.4, 0.5) is 0 Å². The highest BCUT2D eigenvalue weighted by molar-refractivity contribution is 5.62. The largest absolute Gasteiger partial charge is 0.315 e. The molecule has 0 aromatic rings. The van der Waals surface area contributed by atoms with Crippen LogP contribution in [0.15, 0.2) is 15.0 Å². The average molecular weight is 391 g/mol. The molecule has 3 aliphatic heterocycles. The zero-order valence-electron chi connectivity index (χ0n) is 18.7. The lowest BCUT2D eigenvalue weighted by molar-refractivity contribution is 0.269. The number of nitrogens with one attached hydrogen (secondary N) is 3. The number of aliphatic imine (C=N–C) groups is 3. The van der Waals surface area contributed by atoms with E-state index in [9.17, 15) is 0 Å². The molecule has 0 aliphatic carbocycles. The lowest BCUT2D eigenvalue weighted by Gasteiger charge is -2.32. The summed E-state index contributed by atoms with van der Waals surface area (Å²) in [7, 11) is 0. The Morgan fingerprint density at radius 3 is 1.25 bits per heavy atom. The van der Waals surface area contributed by atoms with Gasteiger partial charge in [-0.15, -0.1) is 0 Å². The van der Waals surface area contributed by atoms with Crippen LogP contribution in [0, 0.1) is 28.6 Å². The third kappa shape index (κ3) is 8.50. The number of fused-ring (bicyclic) bond motifs is 15. The first-order valence-corrected chi connectivity index (χ1v) is 10.9. The van der Waals surface area contributed by atoms with E-state index < -0.39 is 0 Å². The minimum Gasteiger partial charge on any atom is -0.315 e. The van der Waals surface area contributed by atoms with E-state index in [2.05, 4.69) is 69.2 Å². The predicted octanol–water partition coefficient (Wildman–Crippen LogP) is 1.92. The van der Waals surface area contributed by atoms with Crippen LogP contribution in [0.5, 0.6) is 0 Å². The van der Waals surface area contributed by atoms with Crippen molar-refractivity contribution in [1.82, 2.24) is 16.0 Å². The van der Waals surface area contributed by atoms with Crippen molar-refractivity contribution in [2.45, 2.75) is 34.6 Å². The van der Waals surface area contributed by atoms with Crippen LogP contribution in [0.2, 0.25) is 0 Å². The van der Waals surface area contributed by atoms with Gasteiger partial charge >= 0.3 is 0 Å². The van der Waals surface area contributed by atoms with Crippen molar-refractivity contribution in [3.05, 3.63) is 0 Å². The highest BCUT2D eigenvalue weighted by Gasteiger charge is 2.26. The molecule has 0 spiro atoms. The van der Waals surface area contributed by atoms with Crippen LogP contribution in [0.1, 0.15) is 34.6 Å². The van der Waals surface area contributed by atoms with E-state index in [4.69, 9.17) is 15.0 Å². The van der Waals surface area contributed by atoms with E-state index in [1.807, 2.05) is 0 Å². The fraction of sp³-hybridized carbons (Fsp3) is 0.864. The van der Waals surface area contributed by atoms with Gasteiger partial charge in [0.2, 0.25) is 0 Å². The van der Waals surface area contributed by atoms with Crippen LogP contribution >= 0.6 is 0 Å². The second kappa shape index (κ2) is 11.2. The fourth-order valence-electron chi connectivity index (χ4n) is 3.66. The number of hydrogen-bond donors (Lipinski definition) is 3. The summed E-state index contributed by atoms with van der Waals surface area (Å²) in [4.78, 5) is 14.4. The van der Waals surface area contributed by atoms with E-state index in [1.54, 1.807) is 0 Å². The van der Waals surface area contributed by atoms with Gasteiger partial charge in [0, 0.05) is 106 Å². The molecule has 160 valence electrons. The molecule has 0 fully saturated rings. The molecule has 28 heavy (non-hydrogen) atoms. The molecule has 0 aromatic heterocycles. The van der Waals surface area contributed by atoms with Gasteiger partial charge in [-0.05, 0) is 0 Å². The van der Waals surface area contributed by atoms with Crippen LogP contribution in [-0.4, -0.2) is 77.5 Å². The monoisotopic (exact) mass is 390 g/mol. The highest BCUT2D eigenvalue weighted by Crippen LogP contribution is 2.19. The van der Waals surface area contributed by atoms with Crippen molar-refractivity contribution < 1.29 is 0 Å². The zero-order valence-corrected chi connectivity index (χ0v) is 18.7. The molecule has 3 atom stereocenters. The maximum atomic E-state index is 4.78. The molecular weight excluding hydrogens is 348 g/mol. The third-order valence-electron chi connectivity index (χ3n) is 5.55. The van der Waals surface area contributed by atoms with Crippen molar-refractivity contribution in [2.24, 2.45) is 43.6 Å². The van der Waals surface area contributed by atoms with E-state index in [1.165, 1.54) is 0 Å². The average Bonchev–Trinajstić information content (AvgIpc) is 2.60. The lowest BCUT2D eigenvalue weighted by Crippen LogP contribution is -2.48. The summed E-state index contributed by atoms with van der Waals surface area (Å²) in [6.07, 6.45) is 6.32. The van der Waals surface area contributed by atoms with Gasteiger partial charge in [-0.2, -0.15) is 0 Å². The van der Waals surface area contributed by atoms with Gasteiger partial charge in [-0.1, -0.05) is 34.6 Å². The molecule has 0 saturated heterocycles. The maximum absolute atomic E-state index is 4.78. The Morgan fingerprint density at radius 1 is 0.607 bits per heavy atom. The molecule has 0 unspecified atom stereocenters. The smallest absolute Gasteiger partial charge is 0.0474 e. The van der Waals surface area contributed by atoms with Crippen LogP contribution in [0.3, 0.4) is 0 Å². The van der Waals surface area contributed by atoms with Gasteiger partial charge in [0.15, 0.2) is 0 Å². The van der Waals surface area contributed by atoms with Crippen LogP contribution < -0.4 is 16.0 Å². The summed E-state index contributed by atoms with van der Waals surface area (Å²) in [6, 6.07) is 0. The maximum Gasteiger partial charge on any atom is 0.0474 e. The molecule has 3 N–H and O–H groups in total. The second-order valence-corrected chi connectivity index (χ2v) is 9.92. The topological polar surface area (TPSA) is 73.2 Å². The molecule has 2 bridgehead atoms.